The van der Waals surface area contributed by atoms with Crippen LogP contribution in [0, 0.1) is 0 Å². The highest BCUT2D eigenvalue weighted by molar-refractivity contribution is 7.08. The second kappa shape index (κ2) is 8.79. The number of rotatable bonds is 6. The minimum atomic E-state index is -4.40. The molecule has 0 saturated carbocycles. The van der Waals surface area contributed by atoms with Gasteiger partial charge in [-0.25, -0.2) is 15.0 Å². The van der Waals surface area contributed by atoms with Crippen LogP contribution >= 0.6 is 11.3 Å². The molecule has 0 atom stereocenters. The lowest BCUT2D eigenvalue weighted by molar-refractivity contribution is -0.137. The van der Waals surface area contributed by atoms with Gasteiger partial charge in [-0.2, -0.15) is 24.5 Å². The number of anilines is 1. The molecule has 6 nitrogen and oxygen atoms in total. The Balaban J connectivity index is 1.56. The zero-order valence-electron chi connectivity index (χ0n) is 17.9. The molecule has 3 heterocycles. The third-order valence-electron chi connectivity index (χ3n) is 5.24. The zero-order chi connectivity index (χ0) is 23.7. The molecular weight excluding hydrogens is 463 g/mol. The summed E-state index contributed by atoms with van der Waals surface area (Å²) in [6.07, 6.45) is -2.74. The van der Waals surface area contributed by atoms with Crippen LogP contribution in [-0.4, -0.2) is 26.6 Å². The first-order valence-electron chi connectivity index (χ1n) is 10.2. The fourth-order valence-electron chi connectivity index (χ4n) is 3.52. The summed E-state index contributed by atoms with van der Waals surface area (Å²) in [6.45, 7) is 0.142. The van der Waals surface area contributed by atoms with Crippen molar-refractivity contribution in [1.29, 1.82) is 0 Å². The molecule has 0 saturated heterocycles. The second-order valence-electron chi connectivity index (χ2n) is 7.44. The number of nitrogens with one attached hydrogen (secondary N) is 1. The number of ether oxygens (including phenoxy) is 1. The molecule has 5 aromatic rings. The van der Waals surface area contributed by atoms with Gasteiger partial charge in [0.2, 0.25) is 0 Å². The van der Waals surface area contributed by atoms with Crippen molar-refractivity contribution in [2.24, 2.45) is 0 Å². The van der Waals surface area contributed by atoms with E-state index in [1.165, 1.54) is 6.07 Å². The number of nitrogens with zero attached hydrogens (tertiary/aromatic N) is 4. The topological polar surface area (TPSA) is 64.9 Å². The average molecular weight is 482 g/mol. The highest BCUT2D eigenvalue weighted by atomic mass is 32.1. The van der Waals surface area contributed by atoms with Crippen LogP contribution in [0.3, 0.4) is 0 Å². The van der Waals surface area contributed by atoms with Gasteiger partial charge in [0.1, 0.15) is 12.1 Å². The number of thiophene rings is 1. The lowest BCUT2D eigenvalue weighted by Gasteiger charge is -2.12. The van der Waals surface area contributed by atoms with Crippen LogP contribution in [0.1, 0.15) is 11.1 Å². The normalized spacial score (nSPS) is 11.6. The molecule has 0 aliphatic heterocycles. The summed E-state index contributed by atoms with van der Waals surface area (Å²) in [4.78, 5) is 13.9. The highest BCUT2D eigenvalue weighted by Crippen LogP contribution is 2.31. The van der Waals surface area contributed by atoms with Gasteiger partial charge in [-0.15, -0.1) is 0 Å². The third-order valence-corrected chi connectivity index (χ3v) is 5.91. The summed E-state index contributed by atoms with van der Waals surface area (Å²) < 4.78 is 46.4. The highest BCUT2D eigenvalue weighted by Gasteiger charge is 2.30. The van der Waals surface area contributed by atoms with E-state index in [9.17, 15) is 13.2 Å². The van der Waals surface area contributed by atoms with E-state index in [0.717, 1.165) is 23.4 Å². The predicted octanol–water partition coefficient (Wildman–Crippen LogP) is 6.18. The summed E-state index contributed by atoms with van der Waals surface area (Å²) in [7, 11) is 1.59. The van der Waals surface area contributed by atoms with Crippen LogP contribution < -0.4 is 10.1 Å². The van der Waals surface area contributed by atoms with Crippen molar-refractivity contribution in [1.82, 2.24) is 19.5 Å². The molecule has 0 spiro atoms. The van der Waals surface area contributed by atoms with Crippen LogP contribution in [-0.2, 0) is 12.7 Å². The van der Waals surface area contributed by atoms with Gasteiger partial charge in [-0.1, -0.05) is 12.1 Å². The van der Waals surface area contributed by atoms with Crippen molar-refractivity contribution >= 4 is 28.3 Å². The van der Waals surface area contributed by atoms with Crippen LogP contribution in [0.15, 0.2) is 71.7 Å². The molecule has 0 bridgehead atoms. The summed E-state index contributed by atoms with van der Waals surface area (Å²) in [5, 5.41) is 7.09. The Labute approximate surface area is 196 Å². The molecule has 3 aromatic heterocycles. The molecule has 0 unspecified atom stereocenters. The van der Waals surface area contributed by atoms with Crippen molar-refractivity contribution in [2.75, 3.05) is 12.4 Å². The molecule has 0 amide bonds. The monoisotopic (exact) mass is 481 g/mol. The van der Waals surface area contributed by atoms with E-state index in [-0.39, 0.29) is 6.54 Å². The molecule has 10 heteroatoms. The summed E-state index contributed by atoms with van der Waals surface area (Å²) in [5.41, 5.74) is 2.57. The van der Waals surface area contributed by atoms with E-state index < -0.39 is 11.7 Å². The Kier molecular flexibility index (Phi) is 5.66. The number of fused-ring (bicyclic) bond motifs is 1. The van der Waals surface area contributed by atoms with Gasteiger partial charge in [-0.3, -0.25) is 4.57 Å². The predicted molar refractivity (Wildman–Crippen MR) is 125 cm³/mol. The van der Waals surface area contributed by atoms with Crippen molar-refractivity contribution < 1.29 is 17.9 Å². The van der Waals surface area contributed by atoms with Gasteiger partial charge in [0.25, 0.3) is 0 Å². The number of hydrogen-bond donors (Lipinski definition) is 1. The van der Waals surface area contributed by atoms with Crippen molar-refractivity contribution in [3.05, 3.63) is 82.8 Å². The number of benzene rings is 2. The average Bonchev–Trinajstić information content (AvgIpc) is 3.52. The molecule has 1 N–H and O–H groups in total. The van der Waals surface area contributed by atoms with Crippen LogP contribution in [0.5, 0.6) is 5.75 Å². The van der Waals surface area contributed by atoms with E-state index in [0.29, 0.717) is 34.1 Å². The van der Waals surface area contributed by atoms with Crippen LogP contribution in [0.25, 0.3) is 28.2 Å². The lowest BCUT2D eigenvalue weighted by atomic mass is 10.1. The number of imidazole rings is 1. The van der Waals surface area contributed by atoms with Gasteiger partial charge in [-0.05, 0) is 53.4 Å². The molecular formula is C24H18F3N5OS. The van der Waals surface area contributed by atoms with Gasteiger partial charge in [0.15, 0.2) is 22.8 Å². The molecule has 172 valence electrons. The van der Waals surface area contributed by atoms with Crippen LogP contribution in [0.4, 0.5) is 19.0 Å². The number of alkyl halides is 3. The van der Waals surface area contributed by atoms with E-state index in [1.54, 1.807) is 30.8 Å². The zero-order valence-corrected chi connectivity index (χ0v) is 18.7. The molecule has 0 radical (unpaired) electrons. The second-order valence-corrected chi connectivity index (χ2v) is 8.22. The Bertz CT molecular complexity index is 1430. The largest absolute Gasteiger partial charge is 0.497 e. The van der Waals surface area contributed by atoms with Gasteiger partial charge in [0.05, 0.1) is 18.4 Å². The van der Waals surface area contributed by atoms with Crippen LogP contribution in [0.2, 0.25) is 0 Å². The maximum absolute atomic E-state index is 13.1. The number of aromatic nitrogens is 4. The SMILES string of the molecule is COc1ccc(-c2nc(NCc3cccc(C(F)(F)F)c3)c3ncn(-c4ccsc4)c3n2)cc1. The molecule has 0 fully saturated rings. The van der Waals surface area contributed by atoms with E-state index in [2.05, 4.69) is 15.3 Å². The Morgan fingerprint density at radius 2 is 1.88 bits per heavy atom. The van der Waals surface area contributed by atoms with Crippen molar-refractivity contribution in [3.63, 3.8) is 0 Å². The summed E-state index contributed by atoms with van der Waals surface area (Å²) >= 11 is 1.55. The van der Waals surface area contributed by atoms with E-state index in [1.807, 2.05) is 45.7 Å². The Morgan fingerprint density at radius 3 is 2.59 bits per heavy atom. The molecule has 2 aromatic carbocycles. The summed E-state index contributed by atoms with van der Waals surface area (Å²) in [5.74, 6) is 1.59. The first kappa shape index (κ1) is 21.9. The molecule has 5 rings (SSSR count). The quantitative estimate of drug-likeness (QED) is 0.314. The molecule has 0 aliphatic rings. The lowest BCUT2D eigenvalue weighted by Crippen LogP contribution is -2.08. The number of hydrogen-bond acceptors (Lipinski definition) is 6. The maximum Gasteiger partial charge on any atom is 0.416 e. The Hall–Kier alpha value is -3.92. The number of methoxy groups -OCH3 is 1. The minimum absolute atomic E-state index is 0.142. The maximum atomic E-state index is 13.1. The first-order valence-corrected chi connectivity index (χ1v) is 11.2. The van der Waals surface area contributed by atoms with E-state index >= 15 is 0 Å². The van der Waals surface area contributed by atoms with Gasteiger partial charge >= 0.3 is 6.18 Å². The third kappa shape index (κ3) is 4.32. The van der Waals surface area contributed by atoms with Crippen molar-refractivity contribution in [2.45, 2.75) is 12.7 Å². The molecule has 0 aliphatic carbocycles. The summed E-state index contributed by atoms with van der Waals surface area (Å²) in [6, 6.07) is 14.5. The van der Waals surface area contributed by atoms with Gasteiger partial charge < -0.3 is 10.1 Å². The van der Waals surface area contributed by atoms with Gasteiger partial charge in [0, 0.05) is 17.5 Å². The van der Waals surface area contributed by atoms with Crippen molar-refractivity contribution in [3.8, 4) is 22.8 Å². The fourth-order valence-corrected chi connectivity index (χ4v) is 4.15. The molecule has 34 heavy (non-hydrogen) atoms. The van der Waals surface area contributed by atoms with E-state index in [4.69, 9.17) is 9.72 Å². The minimum Gasteiger partial charge on any atom is -0.497 e. The number of halogens is 3. The fraction of sp³-hybridized carbons (Fsp3) is 0.125. The Morgan fingerprint density at radius 1 is 1.06 bits per heavy atom. The standard InChI is InChI=1S/C24H18F3N5OS/c1-33-19-7-5-16(6-8-19)21-30-22(28-12-15-3-2-4-17(11-15)24(25,26)27)20-23(31-21)32(14-29-20)18-9-10-34-13-18/h2-11,13-14H,12H2,1H3,(H,28,30,31). The smallest absolute Gasteiger partial charge is 0.416 e. The first-order chi connectivity index (χ1) is 16.4.